The van der Waals surface area contributed by atoms with Crippen LogP contribution in [0.3, 0.4) is 0 Å². The molecule has 0 amide bonds. The number of hydrogen-bond acceptors (Lipinski definition) is 2. The van der Waals surface area contributed by atoms with E-state index >= 15 is 0 Å². The molecular weight excluding hydrogens is 240 g/mol. The third-order valence-electron chi connectivity index (χ3n) is 2.02. The number of hydrogen-bond donors (Lipinski definition) is 0. The maximum absolute atomic E-state index is 4.45. The summed E-state index contributed by atoms with van der Waals surface area (Å²) in [6, 6.07) is 8.21. The summed E-state index contributed by atoms with van der Waals surface area (Å²) in [6.07, 6.45) is 2.02. The molecule has 1 heterocycles. The summed E-state index contributed by atoms with van der Waals surface area (Å²) in [5, 5.41) is 0. The molecule has 2 rings (SSSR count). The van der Waals surface area contributed by atoms with E-state index in [1.54, 1.807) is 0 Å². The summed E-state index contributed by atoms with van der Waals surface area (Å²) in [7, 11) is 3.99. The second-order valence-electron chi connectivity index (χ2n) is 3.43. The molecule has 1 aromatic carbocycles. The fraction of sp³-hybridized carbons (Fsp3) is 0.182. The van der Waals surface area contributed by atoms with Gasteiger partial charge in [0.1, 0.15) is 4.62 Å². The highest BCUT2D eigenvalue weighted by molar-refractivity contribution is 9.18. The lowest BCUT2D eigenvalue weighted by atomic mass is 10.1. The average molecular weight is 251 g/mol. The second kappa shape index (κ2) is 3.58. The minimum Gasteiger partial charge on any atom is -0.382 e. The Morgan fingerprint density at radius 2 is 1.86 bits per heavy atom. The van der Waals surface area contributed by atoms with E-state index in [0.29, 0.717) is 0 Å². The van der Waals surface area contributed by atoms with Crippen molar-refractivity contribution in [1.82, 2.24) is 4.90 Å². The molecule has 0 radical (unpaired) electrons. The molecule has 1 aliphatic rings. The molecule has 0 atom stereocenters. The van der Waals surface area contributed by atoms with Crippen molar-refractivity contribution in [3.63, 3.8) is 0 Å². The van der Waals surface area contributed by atoms with Gasteiger partial charge < -0.3 is 4.90 Å². The fourth-order valence-corrected chi connectivity index (χ4v) is 1.99. The van der Waals surface area contributed by atoms with Crippen molar-refractivity contribution in [3.05, 3.63) is 41.6 Å². The van der Waals surface area contributed by atoms with E-state index in [0.717, 1.165) is 10.3 Å². The van der Waals surface area contributed by atoms with Gasteiger partial charge in [0.15, 0.2) is 0 Å². The van der Waals surface area contributed by atoms with Crippen LogP contribution in [0.1, 0.15) is 11.1 Å². The highest BCUT2D eigenvalue weighted by Gasteiger charge is 2.17. The van der Waals surface area contributed by atoms with Crippen LogP contribution in [-0.2, 0) is 0 Å². The zero-order valence-corrected chi connectivity index (χ0v) is 9.75. The predicted octanol–water partition coefficient (Wildman–Crippen LogP) is 2.70. The maximum atomic E-state index is 4.45. The Morgan fingerprint density at radius 1 is 1.21 bits per heavy atom. The van der Waals surface area contributed by atoms with E-state index in [-0.39, 0.29) is 0 Å². The van der Waals surface area contributed by atoms with Crippen LogP contribution < -0.4 is 0 Å². The number of benzene rings is 1. The van der Waals surface area contributed by atoms with Crippen LogP contribution >= 0.6 is 15.9 Å². The van der Waals surface area contributed by atoms with Crippen molar-refractivity contribution in [2.45, 2.75) is 0 Å². The van der Waals surface area contributed by atoms with Crippen LogP contribution in [0.15, 0.2) is 35.5 Å². The average Bonchev–Trinajstić information content (AvgIpc) is 2.44. The zero-order valence-electron chi connectivity index (χ0n) is 8.16. The Balaban J connectivity index is 2.52. The van der Waals surface area contributed by atoms with Gasteiger partial charge >= 0.3 is 0 Å². The third-order valence-corrected chi connectivity index (χ3v) is 2.63. The number of halogens is 1. The minimum atomic E-state index is 0.918. The fourth-order valence-electron chi connectivity index (χ4n) is 1.46. The van der Waals surface area contributed by atoms with Crippen molar-refractivity contribution in [2.75, 3.05) is 14.1 Å². The lowest BCUT2D eigenvalue weighted by Crippen LogP contribution is -2.01. The Bertz CT molecular complexity index is 419. The topological polar surface area (TPSA) is 15.6 Å². The van der Waals surface area contributed by atoms with Gasteiger partial charge in [0.2, 0.25) is 0 Å². The van der Waals surface area contributed by atoms with Crippen molar-refractivity contribution in [3.8, 4) is 0 Å². The molecule has 72 valence electrons. The van der Waals surface area contributed by atoms with Gasteiger partial charge in [-0.25, -0.2) is 4.99 Å². The SMILES string of the molecule is CN(C)/C=C1/N=C(Br)c2ccccc21. The lowest BCUT2D eigenvalue weighted by molar-refractivity contribution is 0.565. The number of nitrogens with zero attached hydrogens (tertiary/aromatic N) is 2. The Hall–Kier alpha value is -1.09. The molecule has 0 fully saturated rings. The summed E-state index contributed by atoms with van der Waals surface area (Å²) in [5.74, 6) is 0. The van der Waals surface area contributed by atoms with E-state index in [9.17, 15) is 0 Å². The molecule has 0 aromatic heterocycles. The van der Waals surface area contributed by atoms with E-state index in [4.69, 9.17) is 0 Å². The van der Waals surface area contributed by atoms with Gasteiger partial charge in [-0.2, -0.15) is 0 Å². The molecule has 1 aliphatic heterocycles. The molecule has 14 heavy (non-hydrogen) atoms. The quantitative estimate of drug-likeness (QED) is 0.749. The predicted molar refractivity (Wildman–Crippen MR) is 63.6 cm³/mol. The summed E-state index contributed by atoms with van der Waals surface area (Å²) < 4.78 is 0.918. The van der Waals surface area contributed by atoms with Gasteiger partial charge in [-0.3, -0.25) is 0 Å². The lowest BCUT2D eigenvalue weighted by Gasteiger charge is -2.05. The van der Waals surface area contributed by atoms with Gasteiger partial charge in [0.05, 0.1) is 5.70 Å². The molecular formula is C11H11BrN2. The van der Waals surface area contributed by atoms with E-state index < -0.39 is 0 Å². The van der Waals surface area contributed by atoms with Gasteiger partial charge in [-0.15, -0.1) is 0 Å². The summed E-state index contributed by atoms with van der Waals surface area (Å²) in [5.41, 5.74) is 3.37. The normalized spacial score (nSPS) is 16.8. The van der Waals surface area contributed by atoms with E-state index in [1.165, 1.54) is 11.1 Å². The van der Waals surface area contributed by atoms with Crippen molar-refractivity contribution >= 4 is 26.2 Å². The van der Waals surface area contributed by atoms with Crippen molar-refractivity contribution < 1.29 is 0 Å². The van der Waals surface area contributed by atoms with Crippen molar-refractivity contribution in [2.24, 2.45) is 4.99 Å². The smallest absolute Gasteiger partial charge is 0.114 e. The van der Waals surface area contributed by atoms with Gasteiger partial charge in [-0.1, -0.05) is 24.3 Å². The molecule has 1 aromatic rings. The standard InChI is InChI=1S/C11H11BrN2/c1-14(2)7-10-8-5-3-4-6-9(8)11(12)13-10/h3-7H,1-2H3/b10-7+. The van der Waals surface area contributed by atoms with Crippen LogP contribution in [0, 0.1) is 0 Å². The highest BCUT2D eigenvalue weighted by Crippen LogP contribution is 2.30. The van der Waals surface area contributed by atoms with Crippen molar-refractivity contribution in [1.29, 1.82) is 0 Å². The number of rotatable bonds is 1. The van der Waals surface area contributed by atoms with Gasteiger partial charge in [0.25, 0.3) is 0 Å². The maximum Gasteiger partial charge on any atom is 0.114 e. The molecule has 0 unspecified atom stereocenters. The molecule has 0 bridgehead atoms. The first-order valence-electron chi connectivity index (χ1n) is 4.40. The molecule has 0 aliphatic carbocycles. The van der Waals surface area contributed by atoms with Crippen LogP contribution in [-0.4, -0.2) is 23.6 Å². The second-order valence-corrected chi connectivity index (χ2v) is 4.18. The Morgan fingerprint density at radius 3 is 2.50 bits per heavy atom. The molecule has 0 saturated carbocycles. The monoisotopic (exact) mass is 250 g/mol. The van der Waals surface area contributed by atoms with Crippen LogP contribution in [0.4, 0.5) is 0 Å². The first-order valence-corrected chi connectivity index (χ1v) is 5.20. The zero-order chi connectivity index (χ0) is 10.1. The van der Waals surface area contributed by atoms with Gasteiger partial charge in [-0.05, 0) is 15.9 Å². The summed E-state index contributed by atoms with van der Waals surface area (Å²) in [4.78, 5) is 6.45. The Labute approximate surface area is 92.1 Å². The van der Waals surface area contributed by atoms with E-state index in [1.807, 2.05) is 37.3 Å². The molecule has 2 nitrogen and oxygen atoms in total. The summed E-state index contributed by atoms with van der Waals surface area (Å²) in [6.45, 7) is 0. The van der Waals surface area contributed by atoms with Gasteiger partial charge in [0, 0.05) is 31.4 Å². The molecule has 0 spiro atoms. The molecule has 0 N–H and O–H groups in total. The highest BCUT2D eigenvalue weighted by atomic mass is 79.9. The van der Waals surface area contributed by atoms with Crippen LogP contribution in [0.2, 0.25) is 0 Å². The minimum absolute atomic E-state index is 0.918. The molecule has 3 heteroatoms. The van der Waals surface area contributed by atoms with E-state index in [2.05, 4.69) is 33.1 Å². The first-order chi connectivity index (χ1) is 6.68. The third kappa shape index (κ3) is 1.60. The van der Waals surface area contributed by atoms with Crippen LogP contribution in [0.5, 0.6) is 0 Å². The first kappa shape index (κ1) is 9.46. The number of aliphatic imine (C=N–C) groups is 1. The number of fused-ring (bicyclic) bond motifs is 1. The molecule has 0 saturated heterocycles. The largest absolute Gasteiger partial charge is 0.382 e. The summed E-state index contributed by atoms with van der Waals surface area (Å²) >= 11 is 3.46. The van der Waals surface area contributed by atoms with Crippen LogP contribution in [0.25, 0.3) is 5.70 Å². The Kier molecular flexibility index (Phi) is 2.42.